The van der Waals surface area contributed by atoms with Crippen LogP contribution in [0.3, 0.4) is 0 Å². The fourth-order valence-corrected chi connectivity index (χ4v) is 4.97. The van der Waals surface area contributed by atoms with Crippen molar-refractivity contribution in [2.45, 2.75) is 38.5 Å². The highest BCUT2D eigenvalue weighted by Crippen LogP contribution is 2.37. The van der Waals surface area contributed by atoms with Crippen molar-refractivity contribution in [3.05, 3.63) is 23.1 Å². The van der Waals surface area contributed by atoms with Gasteiger partial charge in [0.15, 0.2) is 11.6 Å². The van der Waals surface area contributed by atoms with Gasteiger partial charge < -0.3 is 9.80 Å². The normalized spacial score (nSPS) is 27.4. The van der Waals surface area contributed by atoms with Crippen molar-refractivity contribution in [3.63, 3.8) is 0 Å². The molecule has 1 aromatic heterocycles. The maximum absolute atomic E-state index is 14.0. The van der Waals surface area contributed by atoms with Crippen LogP contribution in [0.5, 0.6) is 0 Å². The van der Waals surface area contributed by atoms with E-state index in [2.05, 4.69) is 9.88 Å². The summed E-state index contributed by atoms with van der Waals surface area (Å²) in [6, 6.07) is 1.30. The summed E-state index contributed by atoms with van der Waals surface area (Å²) in [5.74, 6) is 1.81. The van der Waals surface area contributed by atoms with Crippen LogP contribution < -0.4 is 4.90 Å². The van der Waals surface area contributed by atoms with Crippen LogP contribution in [0.15, 0.2) is 12.3 Å². The largest absolute Gasteiger partial charge is 0.354 e. The van der Waals surface area contributed by atoms with E-state index in [-0.39, 0.29) is 11.7 Å². The second-order valence-electron chi connectivity index (χ2n) is 7.77. The zero-order valence-corrected chi connectivity index (χ0v) is 15.2. The number of amides is 1. The van der Waals surface area contributed by atoms with Gasteiger partial charge in [-0.2, -0.15) is 0 Å². The standard InChI is InChI=1S/C19H25ClFN3O/c20-16-9-17(21)18(22-10-16)23-7-5-13(6-8-23)19(25)24-11-14-3-1-2-4-15(14)12-24/h9-10,13-15H,1-8,11-12H2. The van der Waals surface area contributed by atoms with Crippen LogP contribution in [0.4, 0.5) is 10.2 Å². The van der Waals surface area contributed by atoms with Gasteiger partial charge in [0.1, 0.15) is 0 Å². The Kier molecular flexibility index (Phi) is 4.85. The van der Waals surface area contributed by atoms with Crippen molar-refractivity contribution in [1.29, 1.82) is 0 Å². The zero-order valence-electron chi connectivity index (χ0n) is 14.5. The number of nitrogens with zero attached hydrogens (tertiary/aromatic N) is 3. The summed E-state index contributed by atoms with van der Waals surface area (Å²) >= 11 is 5.77. The Balaban J connectivity index is 1.34. The predicted octanol–water partition coefficient (Wildman–Crippen LogP) is 3.74. The first-order valence-corrected chi connectivity index (χ1v) is 9.84. The summed E-state index contributed by atoms with van der Waals surface area (Å²) in [5, 5.41) is 0.307. The molecule has 1 aromatic rings. The lowest BCUT2D eigenvalue weighted by Gasteiger charge is -2.34. The Labute approximate surface area is 153 Å². The van der Waals surface area contributed by atoms with Gasteiger partial charge in [-0.05, 0) is 43.6 Å². The van der Waals surface area contributed by atoms with Crippen LogP contribution in [0.25, 0.3) is 0 Å². The van der Waals surface area contributed by atoms with Crippen molar-refractivity contribution < 1.29 is 9.18 Å². The molecule has 4 nitrogen and oxygen atoms in total. The average Bonchev–Trinajstić information content (AvgIpc) is 3.05. The number of carbonyl (C=O) groups excluding carboxylic acids is 1. The maximum atomic E-state index is 14.0. The molecule has 0 aromatic carbocycles. The third-order valence-corrected chi connectivity index (χ3v) is 6.43. The molecule has 0 radical (unpaired) electrons. The first-order valence-electron chi connectivity index (χ1n) is 9.46. The van der Waals surface area contributed by atoms with Crippen molar-refractivity contribution in [1.82, 2.24) is 9.88 Å². The van der Waals surface area contributed by atoms with Crippen LogP contribution in [-0.4, -0.2) is 42.0 Å². The molecule has 0 N–H and O–H groups in total. The molecule has 1 amide bonds. The molecule has 2 aliphatic heterocycles. The third-order valence-electron chi connectivity index (χ3n) is 6.22. The second-order valence-corrected chi connectivity index (χ2v) is 8.20. The quantitative estimate of drug-likeness (QED) is 0.801. The van der Waals surface area contributed by atoms with E-state index < -0.39 is 0 Å². The Bertz CT molecular complexity index is 634. The van der Waals surface area contributed by atoms with Gasteiger partial charge in [-0.25, -0.2) is 9.37 Å². The van der Waals surface area contributed by atoms with Crippen LogP contribution in [0.2, 0.25) is 5.02 Å². The number of aromatic nitrogens is 1. The van der Waals surface area contributed by atoms with E-state index in [0.717, 1.165) is 37.8 Å². The van der Waals surface area contributed by atoms with Gasteiger partial charge in [0.05, 0.1) is 5.02 Å². The number of halogens is 2. The molecule has 3 aliphatic rings. The minimum absolute atomic E-state index is 0.0757. The molecule has 25 heavy (non-hydrogen) atoms. The third kappa shape index (κ3) is 3.48. The number of hydrogen-bond acceptors (Lipinski definition) is 3. The molecule has 1 saturated carbocycles. The lowest BCUT2D eigenvalue weighted by molar-refractivity contribution is -0.135. The smallest absolute Gasteiger partial charge is 0.225 e. The Morgan fingerprint density at radius 2 is 1.76 bits per heavy atom. The summed E-state index contributed by atoms with van der Waals surface area (Å²) in [4.78, 5) is 21.1. The average molecular weight is 366 g/mol. The van der Waals surface area contributed by atoms with Gasteiger partial charge in [0.2, 0.25) is 5.91 Å². The SMILES string of the molecule is O=C(C1CCN(c2ncc(Cl)cc2F)CC1)N1CC2CCCCC2C1. The van der Waals surface area contributed by atoms with E-state index in [1.165, 1.54) is 37.9 Å². The molecular weight excluding hydrogens is 341 g/mol. The van der Waals surface area contributed by atoms with Gasteiger partial charge in [-0.1, -0.05) is 24.4 Å². The molecule has 3 heterocycles. The fourth-order valence-electron chi connectivity index (χ4n) is 4.82. The number of piperidine rings is 1. The van der Waals surface area contributed by atoms with Crippen molar-refractivity contribution in [2.75, 3.05) is 31.1 Å². The minimum atomic E-state index is -0.388. The van der Waals surface area contributed by atoms with Crippen molar-refractivity contribution in [3.8, 4) is 0 Å². The van der Waals surface area contributed by atoms with E-state index in [1.807, 2.05) is 4.90 Å². The monoisotopic (exact) mass is 365 g/mol. The van der Waals surface area contributed by atoms with Gasteiger partial charge in [-0.15, -0.1) is 0 Å². The second kappa shape index (κ2) is 7.10. The number of rotatable bonds is 2. The lowest BCUT2D eigenvalue weighted by Crippen LogP contribution is -2.42. The fraction of sp³-hybridized carbons (Fsp3) is 0.684. The molecule has 3 fully saturated rings. The first-order chi connectivity index (χ1) is 12.1. The Morgan fingerprint density at radius 1 is 1.12 bits per heavy atom. The predicted molar refractivity (Wildman–Crippen MR) is 96.2 cm³/mol. The molecule has 2 atom stereocenters. The highest BCUT2D eigenvalue weighted by Gasteiger charge is 2.39. The molecule has 2 saturated heterocycles. The first kappa shape index (κ1) is 17.1. The van der Waals surface area contributed by atoms with Gasteiger partial charge in [-0.3, -0.25) is 4.79 Å². The zero-order chi connectivity index (χ0) is 17.4. The highest BCUT2D eigenvalue weighted by atomic mass is 35.5. The molecule has 1 aliphatic carbocycles. The molecular formula is C19H25ClFN3O. The number of likely N-dealkylation sites (tertiary alicyclic amines) is 1. The number of fused-ring (bicyclic) bond motifs is 1. The number of carbonyl (C=O) groups is 1. The molecule has 136 valence electrons. The summed E-state index contributed by atoms with van der Waals surface area (Å²) in [6.07, 6.45) is 8.23. The van der Waals surface area contributed by atoms with Crippen LogP contribution in [0.1, 0.15) is 38.5 Å². The lowest BCUT2D eigenvalue weighted by atomic mass is 9.82. The van der Waals surface area contributed by atoms with Crippen LogP contribution in [-0.2, 0) is 4.79 Å². The van der Waals surface area contributed by atoms with Gasteiger partial charge in [0.25, 0.3) is 0 Å². The molecule has 4 rings (SSSR count). The number of anilines is 1. The van der Waals surface area contributed by atoms with Crippen LogP contribution >= 0.6 is 11.6 Å². The summed E-state index contributed by atoms with van der Waals surface area (Å²) in [6.45, 7) is 3.25. The van der Waals surface area contributed by atoms with E-state index in [9.17, 15) is 9.18 Å². The summed E-state index contributed by atoms with van der Waals surface area (Å²) < 4.78 is 14.0. The number of pyridine rings is 1. The number of hydrogen-bond donors (Lipinski definition) is 0. The Hall–Kier alpha value is -1.36. The summed E-state index contributed by atoms with van der Waals surface area (Å²) in [7, 11) is 0. The highest BCUT2D eigenvalue weighted by molar-refractivity contribution is 6.30. The molecule has 6 heteroatoms. The van der Waals surface area contributed by atoms with E-state index >= 15 is 0 Å². The molecule has 0 bridgehead atoms. The Morgan fingerprint density at radius 3 is 2.36 bits per heavy atom. The summed E-state index contributed by atoms with van der Waals surface area (Å²) in [5.41, 5.74) is 0. The van der Waals surface area contributed by atoms with E-state index in [4.69, 9.17) is 11.6 Å². The van der Waals surface area contributed by atoms with Gasteiger partial charge >= 0.3 is 0 Å². The minimum Gasteiger partial charge on any atom is -0.354 e. The van der Waals surface area contributed by atoms with Gasteiger partial charge in [0, 0.05) is 38.3 Å². The molecule has 2 unspecified atom stereocenters. The van der Waals surface area contributed by atoms with E-state index in [0.29, 0.717) is 29.8 Å². The topological polar surface area (TPSA) is 36.4 Å². The van der Waals surface area contributed by atoms with Crippen LogP contribution in [0, 0.1) is 23.6 Å². The maximum Gasteiger partial charge on any atom is 0.225 e. The van der Waals surface area contributed by atoms with E-state index in [1.54, 1.807) is 0 Å². The van der Waals surface area contributed by atoms with Crippen molar-refractivity contribution in [2.24, 2.45) is 17.8 Å². The van der Waals surface area contributed by atoms with Crippen molar-refractivity contribution >= 4 is 23.3 Å². The molecule has 0 spiro atoms.